The number of hydrogen-bond donors (Lipinski definition) is 3. The number of thiocarbonyl (C=S) groups is 1. The number of amides is 2. The van der Waals surface area contributed by atoms with Gasteiger partial charge in [0, 0.05) is 29.8 Å². The highest BCUT2D eigenvalue weighted by molar-refractivity contribution is 7.80. The van der Waals surface area contributed by atoms with Gasteiger partial charge in [-0.15, -0.1) is 0 Å². The van der Waals surface area contributed by atoms with Crippen LogP contribution in [-0.4, -0.2) is 29.5 Å². The van der Waals surface area contributed by atoms with Crippen LogP contribution in [0.2, 0.25) is 0 Å². The van der Waals surface area contributed by atoms with Gasteiger partial charge in [-0.25, -0.2) is 0 Å². The summed E-state index contributed by atoms with van der Waals surface area (Å²) in [4.78, 5) is 36.4. The van der Waals surface area contributed by atoms with Gasteiger partial charge >= 0.3 is 5.97 Å². The zero-order chi connectivity index (χ0) is 26.5. The molecule has 3 N–H and O–H groups in total. The minimum Gasteiger partial charge on any atom is -0.466 e. The first-order chi connectivity index (χ1) is 17.9. The minimum absolute atomic E-state index is 0.157. The lowest BCUT2D eigenvalue weighted by Gasteiger charge is -2.11. The van der Waals surface area contributed by atoms with Crippen molar-refractivity contribution in [3.8, 4) is 0 Å². The summed E-state index contributed by atoms with van der Waals surface area (Å²) in [5, 5.41) is 8.54. The normalized spacial score (nSPS) is 10.3. The van der Waals surface area contributed by atoms with Crippen LogP contribution < -0.4 is 16.0 Å². The van der Waals surface area contributed by atoms with E-state index in [1.54, 1.807) is 30.3 Å². The molecule has 0 spiro atoms. The van der Waals surface area contributed by atoms with Gasteiger partial charge in [0.15, 0.2) is 5.11 Å². The van der Waals surface area contributed by atoms with Crippen molar-refractivity contribution in [3.05, 3.63) is 95.6 Å². The molecule has 0 aliphatic carbocycles. The van der Waals surface area contributed by atoms with Crippen molar-refractivity contribution in [2.75, 3.05) is 17.2 Å². The molecular formula is C29H31N3O4S. The molecule has 7 nitrogen and oxygen atoms in total. The fourth-order valence-corrected chi connectivity index (χ4v) is 3.78. The lowest BCUT2D eigenvalue weighted by molar-refractivity contribution is -0.143. The Hall–Kier alpha value is -4.04. The van der Waals surface area contributed by atoms with Crippen LogP contribution in [0.4, 0.5) is 11.4 Å². The fourth-order valence-electron chi connectivity index (χ4n) is 3.55. The molecule has 0 saturated carbocycles. The minimum atomic E-state index is -0.309. The topological polar surface area (TPSA) is 96.5 Å². The van der Waals surface area contributed by atoms with Crippen LogP contribution in [-0.2, 0) is 20.7 Å². The number of carbonyl (C=O) groups excluding carboxylic acids is 3. The number of anilines is 2. The third-order valence-corrected chi connectivity index (χ3v) is 5.64. The molecule has 3 aromatic carbocycles. The summed E-state index contributed by atoms with van der Waals surface area (Å²) in [6.45, 7) is 2.30. The molecule has 0 aliphatic heterocycles. The molecule has 0 saturated heterocycles. The number of carbonyl (C=O) groups is 3. The number of rotatable bonds is 11. The highest BCUT2D eigenvalue weighted by Gasteiger charge is 2.09. The van der Waals surface area contributed by atoms with E-state index in [1.807, 2.05) is 55.5 Å². The van der Waals surface area contributed by atoms with Gasteiger partial charge in [0.05, 0.1) is 6.61 Å². The van der Waals surface area contributed by atoms with Crippen LogP contribution in [0.1, 0.15) is 47.2 Å². The van der Waals surface area contributed by atoms with E-state index < -0.39 is 0 Å². The lowest BCUT2D eigenvalue weighted by atomic mass is 10.1. The highest BCUT2D eigenvalue weighted by atomic mass is 32.1. The van der Waals surface area contributed by atoms with Crippen LogP contribution in [0, 0.1) is 6.92 Å². The number of ether oxygens (including phenoxy) is 1. The number of benzene rings is 3. The Balaban J connectivity index is 1.30. The van der Waals surface area contributed by atoms with E-state index >= 15 is 0 Å². The molecule has 0 heterocycles. The maximum atomic E-state index is 12.4. The van der Waals surface area contributed by atoms with Gasteiger partial charge in [-0.1, -0.05) is 48.0 Å². The SMILES string of the molecule is Cc1cccc(C(=O)Nc2ccc(NC(=S)NC(=O)CCCC(=O)OCCCc3ccccc3)cc2)c1. The van der Waals surface area contributed by atoms with Crippen molar-refractivity contribution in [1.29, 1.82) is 0 Å². The highest BCUT2D eigenvalue weighted by Crippen LogP contribution is 2.15. The van der Waals surface area contributed by atoms with E-state index in [4.69, 9.17) is 17.0 Å². The van der Waals surface area contributed by atoms with Crippen molar-refractivity contribution in [1.82, 2.24) is 5.32 Å². The molecule has 8 heteroatoms. The smallest absolute Gasteiger partial charge is 0.305 e. The Bertz CT molecular complexity index is 1210. The fraction of sp³-hybridized carbons (Fsp3) is 0.241. The van der Waals surface area contributed by atoms with Crippen molar-refractivity contribution >= 4 is 46.5 Å². The number of nitrogens with one attached hydrogen (secondary N) is 3. The summed E-state index contributed by atoms with van der Waals surface area (Å²) in [6.07, 6.45) is 2.32. The summed E-state index contributed by atoms with van der Waals surface area (Å²) in [7, 11) is 0. The first-order valence-electron chi connectivity index (χ1n) is 12.2. The van der Waals surface area contributed by atoms with Crippen LogP contribution in [0.5, 0.6) is 0 Å². The second-order valence-electron chi connectivity index (χ2n) is 8.57. The molecule has 3 rings (SSSR count). The largest absolute Gasteiger partial charge is 0.466 e. The van der Waals surface area contributed by atoms with E-state index in [1.165, 1.54) is 5.56 Å². The molecule has 0 radical (unpaired) electrons. The second kappa shape index (κ2) is 14.5. The Morgan fingerprint density at radius 3 is 2.22 bits per heavy atom. The van der Waals surface area contributed by atoms with Crippen LogP contribution in [0.15, 0.2) is 78.9 Å². The maximum absolute atomic E-state index is 12.4. The third kappa shape index (κ3) is 10.2. The average molecular weight is 518 g/mol. The van der Waals surface area contributed by atoms with Crippen molar-refractivity contribution in [2.45, 2.75) is 39.0 Å². The van der Waals surface area contributed by atoms with Gasteiger partial charge in [0.1, 0.15) is 0 Å². The predicted molar refractivity (Wildman–Crippen MR) is 150 cm³/mol. The molecule has 37 heavy (non-hydrogen) atoms. The zero-order valence-corrected chi connectivity index (χ0v) is 21.6. The van der Waals surface area contributed by atoms with E-state index in [2.05, 4.69) is 16.0 Å². The summed E-state index contributed by atoms with van der Waals surface area (Å²) in [5.41, 5.74) is 4.11. The van der Waals surface area contributed by atoms with Gasteiger partial charge in [-0.2, -0.15) is 0 Å². The van der Waals surface area contributed by atoms with E-state index in [9.17, 15) is 14.4 Å². The Morgan fingerprint density at radius 2 is 1.51 bits per heavy atom. The number of hydrogen-bond acceptors (Lipinski definition) is 5. The van der Waals surface area contributed by atoms with Gasteiger partial charge < -0.3 is 20.7 Å². The molecular weight excluding hydrogens is 486 g/mol. The predicted octanol–water partition coefficient (Wildman–Crippen LogP) is 5.41. The van der Waals surface area contributed by atoms with E-state index in [0.29, 0.717) is 30.0 Å². The molecule has 2 amide bonds. The maximum Gasteiger partial charge on any atom is 0.305 e. The Kier molecular flexibility index (Phi) is 10.8. The summed E-state index contributed by atoms with van der Waals surface area (Å²) >= 11 is 5.20. The average Bonchev–Trinajstić information content (AvgIpc) is 2.88. The number of aryl methyl sites for hydroxylation is 2. The zero-order valence-electron chi connectivity index (χ0n) is 20.8. The second-order valence-corrected chi connectivity index (χ2v) is 8.97. The standard InChI is InChI=1S/C29H31N3O4S/c1-21-8-5-12-23(20-21)28(35)30-24-15-17-25(18-16-24)31-29(37)32-26(33)13-6-14-27(34)36-19-7-11-22-9-3-2-4-10-22/h2-5,8-10,12,15-18,20H,6-7,11,13-14,19H2,1H3,(H,30,35)(H2,31,32,33,37). The summed E-state index contributed by atoms with van der Waals surface area (Å²) in [6, 6.07) is 24.4. The van der Waals surface area contributed by atoms with E-state index in [-0.39, 0.29) is 35.7 Å². The molecule has 0 bridgehead atoms. The van der Waals surface area contributed by atoms with Crippen LogP contribution in [0.3, 0.4) is 0 Å². The van der Waals surface area contributed by atoms with Crippen LogP contribution >= 0.6 is 12.2 Å². The molecule has 0 aliphatic rings. The lowest BCUT2D eigenvalue weighted by Crippen LogP contribution is -2.34. The first-order valence-corrected chi connectivity index (χ1v) is 12.6. The van der Waals surface area contributed by atoms with Crippen molar-refractivity contribution in [3.63, 3.8) is 0 Å². The molecule has 192 valence electrons. The molecule has 3 aromatic rings. The van der Waals surface area contributed by atoms with Gasteiger partial charge in [0.2, 0.25) is 5.91 Å². The Labute approximate surface area is 222 Å². The monoisotopic (exact) mass is 517 g/mol. The first kappa shape index (κ1) is 27.5. The van der Waals surface area contributed by atoms with E-state index in [0.717, 1.165) is 18.4 Å². The van der Waals surface area contributed by atoms with Gasteiger partial charge in [-0.05, 0) is 80.4 Å². The third-order valence-electron chi connectivity index (χ3n) is 5.43. The van der Waals surface area contributed by atoms with Gasteiger partial charge in [-0.3, -0.25) is 14.4 Å². The van der Waals surface area contributed by atoms with Crippen molar-refractivity contribution in [2.24, 2.45) is 0 Å². The summed E-state index contributed by atoms with van der Waals surface area (Å²) in [5.74, 6) is -0.782. The van der Waals surface area contributed by atoms with Gasteiger partial charge in [0.25, 0.3) is 5.91 Å². The van der Waals surface area contributed by atoms with Crippen molar-refractivity contribution < 1.29 is 19.1 Å². The molecule has 0 aromatic heterocycles. The molecule has 0 unspecified atom stereocenters. The Morgan fingerprint density at radius 1 is 0.811 bits per heavy atom. The quantitative estimate of drug-likeness (QED) is 0.179. The van der Waals surface area contributed by atoms with Crippen LogP contribution in [0.25, 0.3) is 0 Å². The number of esters is 1. The molecule has 0 fully saturated rings. The summed E-state index contributed by atoms with van der Waals surface area (Å²) < 4.78 is 5.23. The molecule has 0 atom stereocenters.